The van der Waals surface area contributed by atoms with Gasteiger partial charge < -0.3 is 10.1 Å². The summed E-state index contributed by atoms with van der Waals surface area (Å²) in [5, 5.41) is 4.04. The van der Waals surface area contributed by atoms with Crippen LogP contribution < -0.4 is 10.1 Å². The topological polar surface area (TPSA) is 34.1 Å². The standard InChI is InChI=1S/C15H19FN2O/c1-4-6-10-7-11-8-12(16)9-13(19-3)14(11)18-15(10)17-5-2/h7-9H,4-6H2,1-3H3,(H,17,18). The molecule has 19 heavy (non-hydrogen) atoms. The molecule has 1 N–H and O–H groups in total. The lowest BCUT2D eigenvalue weighted by molar-refractivity contribution is 0.415. The molecule has 0 aliphatic carbocycles. The number of aromatic nitrogens is 1. The number of hydrogen-bond acceptors (Lipinski definition) is 3. The van der Waals surface area contributed by atoms with Crippen LogP contribution in [0.3, 0.4) is 0 Å². The highest BCUT2D eigenvalue weighted by Gasteiger charge is 2.11. The van der Waals surface area contributed by atoms with E-state index in [0.29, 0.717) is 11.3 Å². The number of fused-ring (bicyclic) bond motifs is 1. The minimum atomic E-state index is -0.301. The van der Waals surface area contributed by atoms with E-state index in [4.69, 9.17) is 4.74 Å². The quantitative estimate of drug-likeness (QED) is 0.890. The number of pyridine rings is 1. The lowest BCUT2D eigenvalue weighted by Gasteiger charge is -2.13. The molecule has 3 nitrogen and oxygen atoms in total. The SMILES string of the molecule is CCCc1cc2cc(F)cc(OC)c2nc1NCC. The summed E-state index contributed by atoms with van der Waals surface area (Å²) in [5.74, 6) is 1.03. The van der Waals surface area contributed by atoms with Crippen molar-refractivity contribution in [3.8, 4) is 5.75 Å². The molecule has 1 aromatic heterocycles. The predicted octanol–water partition coefficient (Wildman–Crippen LogP) is 3.77. The van der Waals surface area contributed by atoms with Crippen molar-refractivity contribution < 1.29 is 9.13 Å². The second-order valence-electron chi connectivity index (χ2n) is 4.46. The monoisotopic (exact) mass is 262 g/mol. The molecule has 0 saturated heterocycles. The summed E-state index contributed by atoms with van der Waals surface area (Å²) in [5.41, 5.74) is 1.81. The minimum absolute atomic E-state index is 0.301. The smallest absolute Gasteiger partial charge is 0.148 e. The Labute approximate surface area is 112 Å². The molecule has 4 heteroatoms. The van der Waals surface area contributed by atoms with E-state index in [-0.39, 0.29) is 5.82 Å². The fourth-order valence-corrected chi connectivity index (χ4v) is 2.20. The first-order valence-electron chi connectivity index (χ1n) is 6.60. The summed E-state index contributed by atoms with van der Waals surface area (Å²) in [6.45, 7) is 4.95. The molecular weight excluding hydrogens is 243 g/mol. The molecule has 2 rings (SSSR count). The maximum atomic E-state index is 13.5. The summed E-state index contributed by atoms with van der Waals surface area (Å²) in [6, 6.07) is 4.86. The zero-order chi connectivity index (χ0) is 13.8. The van der Waals surface area contributed by atoms with E-state index in [2.05, 4.69) is 17.2 Å². The second kappa shape index (κ2) is 5.87. The average molecular weight is 262 g/mol. The first kappa shape index (κ1) is 13.6. The van der Waals surface area contributed by atoms with Crippen LogP contribution >= 0.6 is 0 Å². The summed E-state index contributed by atoms with van der Waals surface area (Å²) in [4.78, 5) is 4.59. The largest absolute Gasteiger partial charge is 0.494 e. The number of nitrogens with zero attached hydrogens (tertiary/aromatic N) is 1. The van der Waals surface area contributed by atoms with Gasteiger partial charge in [-0.05, 0) is 31.0 Å². The molecule has 0 radical (unpaired) electrons. The summed E-state index contributed by atoms with van der Waals surface area (Å²) < 4.78 is 18.7. The van der Waals surface area contributed by atoms with Gasteiger partial charge in [-0.2, -0.15) is 0 Å². The van der Waals surface area contributed by atoms with Crippen molar-refractivity contribution in [3.05, 3.63) is 29.6 Å². The van der Waals surface area contributed by atoms with E-state index in [1.165, 1.54) is 19.2 Å². The van der Waals surface area contributed by atoms with E-state index in [9.17, 15) is 4.39 Å². The number of rotatable bonds is 5. The fourth-order valence-electron chi connectivity index (χ4n) is 2.20. The van der Waals surface area contributed by atoms with Gasteiger partial charge in [-0.15, -0.1) is 0 Å². The average Bonchev–Trinajstić information content (AvgIpc) is 2.39. The summed E-state index contributed by atoms with van der Waals surface area (Å²) >= 11 is 0. The van der Waals surface area contributed by atoms with Crippen LogP contribution in [0.2, 0.25) is 0 Å². The Morgan fingerprint density at radius 3 is 2.68 bits per heavy atom. The van der Waals surface area contributed by atoms with Gasteiger partial charge in [0.15, 0.2) is 0 Å². The number of nitrogens with one attached hydrogen (secondary N) is 1. The van der Waals surface area contributed by atoms with Gasteiger partial charge in [0, 0.05) is 18.0 Å². The van der Waals surface area contributed by atoms with E-state index in [0.717, 1.165) is 36.2 Å². The van der Waals surface area contributed by atoms with Crippen LogP contribution in [-0.2, 0) is 6.42 Å². The molecule has 0 aliphatic rings. The number of hydrogen-bond donors (Lipinski definition) is 1. The summed E-state index contributed by atoms with van der Waals surface area (Å²) in [6.07, 6.45) is 1.95. The van der Waals surface area contributed by atoms with Gasteiger partial charge in [0.05, 0.1) is 7.11 Å². The normalized spacial score (nSPS) is 10.7. The first-order chi connectivity index (χ1) is 9.19. The van der Waals surface area contributed by atoms with Crippen molar-refractivity contribution in [2.24, 2.45) is 0 Å². The number of benzene rings is 1. The molecule has 1 aromatic carbocycles. The van der Waals surface area contributed by atoms with Crippen molar-refractivity contribution in [1.82, 2.24) is 4.98 Å². The maximum absolute atomic E-state index is 13.5. The fraction of sp³-hybridized carbons (Fsp3) is 0.400. The Morgan fingerprint density at radius 1 is 1.26 bits per heavy atom. The lowest BCUT2D eigenvalue weighted by Crippen LogP contribution is -2.04. The zero-order valence-electron chi connectivity index (χ0n) is 11.6. The van der Waals surface area contributed by atoms with E-state index >= 15 is 0 Å². The minimum Gasteiger partial charge on any atom is -0.494 e. The Balaban J connectivity index is 2.65. The Bertz CT molecular complexity index is 584. The van der Waals surface area contributed by atoms with Crippen molar-refractivity contribution in [2.45, 2.75) is 26.7 Å². The van der Waals surface area contributed by atoms with Crippen LogP contribution in [0, 0.1) is 5.82 Å². The van der Waals surface area contributed by atoms with Crippen molar-refractivity contribution in [2.75, 3.05) is 19.0 Å². The Kier molecular flexibility index (Phi) is 4.20. The molecule has 0 bridgehead atoms. The van der Waals surface area contributed by atoms with Gasteiger partial charge >= 0.3 is 0 Å². The summed E-state index contributed by atoms with van der Waals surface area (Å²) in [7, 11) is 1.53. The predicted molar refractivity (Wildman–Crippen MR) is 76.4 cm³/mol. The van der Waals surface area contributed by atoms with Crippen LogP contribution in [0.15, 0.2) is 18.2 Å². The van der Waals surface area contributed by atoms with E-state index in [1.807, 2.05) is 13.0 Å². The Hall–Kier alpha value is -1.84. The molecule has 2 aromatic rings. The van der Waals surface area contributed by atoms with E-state index in [1.54, 1.807) is 0 Å². The highest BCUT2D eigenvalue weighted by Crippen LogP contribution is 2.29. The van der Waals surface area contributed by atoms with Gasteiger partial charge in [-0.3, -0.25) is 0 Å². The number of halogens is 1. The third-order valence-corrected chi connectivity index (χ3v) is 3.01. The van der Waals surface area contributed by atoms with Crippen molar-refractivity contribution in [3.63, 3.8) is 0 Å². The number of aryl methyl sites for hydroxylation is 1. The van der Waals surface area contributed by atoms with Crippen molar-refractivity contribution in [1.29, 1.82) is 0 Å². The molecule has 0 aliphatic heterocycles. The lowest BCUT2D eigenvalue weighted by atomic mass is 10.1. The van der Waals surface area contributed by atoms with Crippen LogP contribution in [0.25, 0.3) is 10.9 Å². The highest BCUT2D eigenvalue weighted by atomic mass is 19.1. The van der Waals surface area contributed by atoms with Crippen LogP contribution in [-0.4, -0.2) is 18.6 Å². The number of methoxy groups -OCH3 is 1. The highest BCUT2D eigenvalue weighted by molar-refractivity contribution is 5.87. The van der Waals surface area contributed by atoms with Gasteiger partial charge in [-0.1, -0.05) is 13.3 Å². The molecule has 1 heterocycles. The van der Waals surface area contributed by atoms with Gasteiger partial charge in [0.2, 0.25) is 0 Å². The van der Waals surface area contributed by atoms with Gasteiger partial charge in [-0.25, -0.2) is 9.37 Å². The van der Waals surface area contributed by atoms with Gasteiger partial charge in [0.1, 0.15) is 22.9 Å². The molecule has 0 atom stereocenters. The molecule has 0 spiro atoms. The Morgan fingerprint density at radius 2 is 2.05 bits per heavy atom. The number of anilines is 1. The molecule has 0 unspecified atom stereocenters. The molecular formula is C15H19FN2O. The first-order valence-corrected chi connectivity index (χ1v) is 6.60. The van der Waals surface area contributed by atoms with Crippen LogP contribution in [0.1, 0.15) is 25.8 Å². The zero-order valence-corrected chi connectivity index (χ0v) is 11.6. The molecule has 0 fully saturated rings. The van der Waals surface area contributed by atoms with Crippen molar-refractivity contribution >= 4 is 16.7 Å². The van der Waals surface area contributed by atoms with Gasteiger partial charge in [0.25, 0.3) is 0 Å². The van der Waals surface area contributed by atoms with Crippen LogP contribution in [0.4, 0.5) is 10.2 Å². The molecule has 102 valence electrons. The maximum Gasteiger partial charge on any atom is 0.148 e. The third kappa shape index (κ3) is 2.78. The molecule has 0 saturated carbocycles. The molecule has 0 amide bonds. The third-order valence-electron chi connectivity index (χ3n) is 3.01. The second-order valence-corrected chi connectivity index (χ2v) is 4.46. The van der Waals surface area contributed by atoms with E-state index < -0.39 is 0 Å². The van der Waals surface area contributed by atoms with Crippen LogP contribution in [0.5, 0.6) is 5.75 Å². The number of ether oxygens (including phenoxy) is 1.